The van der Waals surface area contributed by atoms with Crippen LogP contribution in [-0.4, -0.2) is 24.0 Å². The van der Waals surface area contributed by atoms with E-state index in [0.29, 0.717) is 12.0 Å². The molecule has 2 nitrogen and oxygen atoms in total. The van der Waals surface area contributed by atoms with Gasteiger partial charge in [-0.05, 0) is 29.7 Å². The lowest BCUT2D eigenvalue weighted by atomic mass is 9.85. The number of rotatable bonds is 4. The maximum Gasteiger partial charge on any atom is 0.0455 e. The molecule has 2 N–H and O–H groups in total. The molecule has 1 fully saturated rings. The molecule has 112 valence electrons. The van der Waals surface area contributed by atoms with Crippen molar-refractivity contribution in [2.45, 2.75) is 46.2 Å². The molecule has 0 bridgehead atoms. The fourth-order valence-electron chi connectivity index (χ4n) is 3.89. The Morgan fingerprint density at radius 3 is 2.10 bits per heavy atom. The normalized spacial score (nSPS) is 27.5. The van der Waals surface area contributed by atoms with Crippen LogP contribution in [0.25, 0.3) is 0 Å². The van der Waals surface area contributed by atoms with Crippen LogP contribution in [0.4, 0.5) is 0 Å². The molecule has 0 amide bonds. The van der Waals surface area contributed by atoms with Crippen molar-refractivity contribution in [3.05, 3.63) is 35.9 Å². The Bertz CT molecular complexity index is 391. The molecule has 1 aliphatic rings. The van der Waals surface area contributed by atoms with Crippen molar-refractivity contribution in [3.63, 3.8) is 0 Å². The van der Waals surface area contributed by atoms with Crippen LogP contribution in [0, 0.1) is 17.8 Å². The van der Waals surface area contributed by atoms with E-state index in [2.05, 4.69) is 62.9 Å². The summed E-state index contributed by atoms with van der Waals surface area (Å²) < 4.78 is 0. The smallest absolute Gasteiger partial charge is 0.0455 e. The number of nitrogens with two attached hydrogens (primary N) is 1. The largest absolute Gasteiger partial charge is 0.323 e. The second-order valence-corrected chi connectivity index (χ2v) is 7.07. The van der Waals surface area contributed by atoms with Gasteiger partial charge in [-0.25, -0.2) is 0 Å². The highest BCUT2D eigenvalue weighted by molar-refractivity contribution is 5.20. The minimum atomic E-state index is 0.105. The molecule has 1 saturated heterocycles. The summed E-state index contributed by atoms with van der Waals surface area (Å²) in [5, 5.41) is 0. The van der Waals surface area contributed by atoms with Crippen molar-refractivity contribution in [1.82, 2.24) is 4.90 Å². The third-order valence-corrected chi connectivity index (χ3v) is 4.55. The van der Waals surface area contributed by atoms with Crippen molar-refractivity contribution >= 4 is 0 Å². The molecule has 4 unspecified atom stereocenters. The molecule has 20 heavy (non-hydrogen) atoms. The Hall–Kier alpha value is -0.860. The minimum absolute atomic E-state index is 0.105. The quantitative estimate of drug-likeness (QED) is 0.907. The molecule has 1 aliphatic heterocycles. The molecule has 0 aromatic heterocycles. The molecule has 0 radical (unpaired) electrons. The Morgan fingerprint density at radius 2 is 1.60 bits per heavy atom. The number of nitrogens with zero attached hydrogens (tertiary/aromatic N) is 1. The van der Waals surface area contributed by atoms with E-state index in [-0.39, 0.29) is 6.04 Å². The number of piperidine rings is 1. The molecule has 1 aromatic rings. The zero-order chi connectivity index (χ0) is 14.7. The molecule has 2 heteroatoms. The van der Waals surface area contributed by atoms with Gasteiger partial charge in [-0.2, -0.15) is 0 Å². The predicted octanol–water partition coefficient (Wildman–Crippen LogP) is 3.69. The van der Waals surface area contributed by atoms with Crippen LogP contribution in [0.15, 0.2) is 30.3 Å². The van der Waals surface area contributed by atoms with E-state index in [1.165, 1.54) is 25.1 Å². The van der Waals surface area contributed by atoms with Crippen molar-refractivity contribution in [1.29, 1.82) is 0 Å². The van der Waals surface area contributed by atoms with E-state index in [1.807, 2.05) is 0 Å². The van der Waals surface area contributed by atoms with Crippen molar-refractivity contribution in [2.75, 3.05) is 13.1 Å². The van der Waals surface area contributed by atoms with Crippen LogP contribution < -0.4 is 5.73 Å². The van der Waals surface area contributed by atoms with Gasteiger partial charge in [-0.1, -0.05) is 58.0 Å². The lowest BCUT2D eigenvalue weighted by Gasteiger charge is -2.44. The highest BCUT2D eigenvalue weighted by atomic mass is 15.2. The highest BCUT2D eigenvalue weighted by Crippen LogP contribution is 2.30. The standard InChI is InChI=1S/C18H30N2/c1-13(2)18(17(19)16-8-6-5-7-9-16)20-11-14(3)10-15(4)12-20/h5-9,13-15,17-18H,10-12,19H2,1-4H3. The van der Waals surface area contributed by atoms with E-state index in [0.717, 1.165) is 11.8 Å². The first-order valence-electron chi connectivity index (χ1n) is 8.03. The van der Waals surface area contributed by atoms with Gasteiger partial charge in [0.05, 0.1) is 0 Å². The maximum atomic E-state index is 6.62. The second kappa shape index (κ2) is 6.73. The molecule has 2 rings (SSSR count). The van der Waals surface area contributed by atoms with E-state index in [4.69, 9.17) is 5.73 Å². The fourth-order valence-corrected chi connectivity index (χ4v) is 3.89. The number of likely N-dealkylation sites (tertiary alicyclic amines) is 1. The van der Waals surface area contributed by atoms with Crippen molar-refractivity contribution in [3.8, 4) is 0 Å². The van der Waals surface area contributed by atoms with Crippen LogP contribution in [0.1, 0.15) is 45.7 Å². The SMILES string of the molecule is CC1CC(C)CN(C(C(C)C)C(N)c2ccccc2)C1. The Balaban J connectivity index is 2.18. The Morgan fingerprint density at radius 1 is 1.05 bits per heavy atom. The van der Waals surface area contributed by atoms with Gasteiger partial charge in [-0.3, -0.25) is 4.90 Å². The van der Waals surface area contributed by atoms with Gasteiger partial charge in [-0.15, -0.1) is 0 Å². The Kier molecular flexibility index (Phi) is 5.22. The maximum absolute atomic E-state index is 6.62. The zero-order valence-corrected chi connectivity index (χ0v) is 13.4. The first-order chi connectivity index (χ1) is 9.49. The van der Waals surface area contributed by atoms with Crippen LogP contribution in [0.5, 0.6) is 0 Å². The van der Waals surface area contributed by atoms with E-state index in [9.17, 15) is 0 Å². The average molecular weight is 274 g/mol. The molecule has 0 aliphatic carbocycles. The van der Waals surface area contributed by atoms with Crippen LogP contribution in [0.2, 0.25) is 0 Å². The Labute approximate surface area is 124 Å². The first kappa shape index (κ1) is 15.5. The van der Waals surface area contributed by atoms with Crippen LogP contribution >= 0.6 is 0 Å². The van der Waals surface area contributed by atoms with Gasteiger partial charge in [0.15, 0.2) is 0 Å². The summed E-state index contributed by atoms with van der Waals surface area (Å²) in [5.41, 5.74) is 7.88. The summed E-state index contributed by atoms with van der Waals surface area (Å²) in [4.78, 5) is 2.64. The third kappa shape index (κ3) is 3.62. The van der Waals surface area contributed by atoms with E-state index in [1.54, 1.807) is 0 Å². The third-order valence-electron chi connectivity index (χ3n) is 4.55. The first-order valence-corrected chi connectivity index (χ1v) is 8.03. The van der Waals surface area contributed by atoms with Gasteiger partial charge >= 0.3 is 0 Å². The van der Waals surface area contributed by atoms with E-state index >= 15 is 0 Å². The van der Waals surface area contributed by atoms with Crippen LogP contribution in [-0.2, 0) is 0 Å². The lowest BCUT2D eigenvalue weighted by molar-refractivity contribution is 0.0586. The minimum Gasteiger partial charge on any atom is -0.323 e. The summed E-state index contributed by atoms with van der Waals surface area (Å²) in [7, 11) is 0. The molecule has 1 heterocycles. The molecule has 4 atom stereocenters. The zero-order valence-electron chi connectivity index (χ0n) is 13.4. The van der Waals surface area contributed by atoms with Crippen LogP contribution in [0.3, 0.4) is 0 Å². The summed E-state index contributed by atoms with van der Waals surface area (Å²) >= 11 is 0. The average Bonchev–Trinajstić information content (AvgIpc) is 2.38. The topological polar surface area (TPSA) is 29.3 Å². The van der Waals surface area contributed by atoms with E-state index < -0.39 is 0 Å². The monoisotopic (exact) mass is 274 g/mol. The lowest BCUT2D eigenvalue weighted by Crippen LogP contribution is -2.51. The summed E-state index contributed by atoms with van der Waals surface area (Å²) in [6.45, 7) is 11.7. The molecular weight excluding hydrogens is 244 g/mol. The van der Waals surface area contributed by atoms with Gasteiger partial charge in [0, 0.05) is 25.2 Å². The molecule has 0 saturated carbocycles. The summed E-state index contributed by atoms with van der Waals surface area (Å²) in [6.07, 6.45) is 1.35. The van der Waals surface area contributed by atoms with Gasteiger partial charge in [0.1, 0.15) is 0 Å². The van der Waals surface area contributed by atoms with Crippen molar-refractivity contribution < 1.29 is 0 Å². The van der Waals surface area contributed by atoms with Gasteiger partial charge in [0.2, 0.25) is 0 Å². The molecule has 1 aromatic carbocycles. The number of hydrogen-bond donors (Lipinski definition) is 1. The summed E-state index contributed by atoms with van der Waals surface area (Å²) in [5.74, 6) is 2.13. The molecule has 0 spiro atoms. The predicted molar refractivity (Wildman–Crippen MR) is 86.5 cm³/mol. The highest BCUT2D eigenvalue weighted by Gasteiger charge is 2.33. The number of benzene rings is 1. The van der Waals surface area contributed by atoms with Crippen molar-refractivity contribution in [2.24, 2.45) is 23.5 Å². The number of hydrogen-bond acceptors (Lipinski definition) is 2. The van der Waals surface area contributed by atoms with Gasteiger partial charge < -0.3 is 5.73 Å². The van der Waals surface area contributed by atoms with Gasteiger partial charge in [0.25, 0.3) is 0 Å². The molecular formula is C18H30N2. The summed E-state index contributed by atoms with van der Waals surface area (Å²) in [6, 6.07) is 11.1. The second-order valence-electron chi connectivity index (χ2n) is 7.07. The fraction of sp³-hybridized carbons (Fsp3) is 0.667.